The van der Waals surface area contributed by atoms with E-state index < -0.39 is 4.92 Å². The van der Waals surface area contributed by atoms with Gasteiger partial charge in [0.05, 0.1) is 4.92 Å². The van der Waals surface area contributed by atoms with Crippen molar-refractivity contribution >= 4 is 17.4 Å². The lowest BCUT2D eigenvalue weighted by molar-refractivity contribution is -0.385. The van der Waals surface area contributed by atoms with Crippen LogP contribution in [-0.4, -0.2) is 25.6 Å². The van der Waals surface area contributed by atoms with Crippen LogP contribution in [-0.2, 0) is 11.3 Å². The van der Waals surface area contributed by atoms with Crippen LogP contribution in [0.4, 0.5) is 11.5 Å². The minimum Gasteiger partial charge on any atom is -0.311 e. The highest BCUT2D eigenvalue weighted by atomic mass is 16.6. The summed E-state index contributed by atoms with van der Waals surface area (Å²) in [6, 6.07) is 3.74. The number of hydrogen-bond donors (Lipinski definition) is 1. The van der Waals surface area contributed by atoms with Gasteiger partial charge in [0.1, 0.15) is 18.2 Å². The number of aromatic nitrogens is 3. The van der Waals surface area contributed by atoms with Crippen LogP contribution < -0.4 is 5.32 Å². The zero-order chi connectivity index (χ0) is 16.1. The van der Waals surface area contributed by atoms with E-state index in [1.807, 2.05) is 26.0 Å². The van der Waals surface area contributed by atoms with Gasteiger partial charge < -0.3 is 5.32 Å². The van der Waals surface area contributed by atoms with Gasteiger partial charge in [-0.15, -0.1) is 0 Å². The maximum atomic E-state index is 11.8. The van der Waals surface area contributed by atoms with Gasteiger partial charge in [0.2, 0.25) is 5.91 Å². The number of carbonyl (C=O) groups excluding carboxylic acids is 1. The van der Waals surface area contributed by atoms with E-state index in [2.05, 4.69) is 15.4 Å². The summed E-state index contributed by atoms with van der Waals surface area (Å²) < 4.78 is 1.46. The average molecular weight is 303 g/mol. The summed E-state index contributed by atoms with van der Waals surface area (Å²) in [6.07, 6.45) is 3.38. The number of carbonyl (C=O) groups is 1. The normalized spacial score (nSPS) is 10.5. The third-order valence-corrected chi connectivity index (χ3v) is 2.99. The number of hydrogen-bond acceptors (Lipinski definition) is 5. The molecule has 0 saturated carbocycles. The van der Waals surface area contributed by atoms with Gasteiger partial charge in [-0.05, 0) is 38.0 Å². The standard InChI is InChI=1S/C14H17N5O3/c1-10-6-11(2)16-13(7-10)17-14(20)4-3-5-18-9-12(8-15-18)19(21)22/h6-9H,3-5H2,1-2H3,(H,16,17,20). The Morgan fingerprint density at radius 1 is 1.41 bits per heavy atom. The number of pyridine rings is 1. The van der Waals surface area contributed by atoms with Gasteiger partial charge in [-0.1, -0.05) is 0 Å². The molecule has 0 unspecified atom stereocenters. The van der Waals surface area contributed by atoms with Crippen molar-refractivity contribution in [2.24, 2.45) is 0 Å². The Balaban J connectivity index is 1.81. The fourth-order valence-corrected chi connectivity index (χ4v) is 2.08. The van der Waals surface area contributed by atoms with Crippen LogP contribution in [0.2, 0.25) is 0 Å². The molecule has 0 radical (unpaired) electrons. The molecule has 2 rings (SSSR count). The average Bonchev–Trinajstić information content (AvgIpc) is 2.86. The number of aryl methyl sites for hydroxylation is 3. The van der Waals surface area contributed by atoms with E-state index in [-0.39, 0.29) is 11.6 Å². The van der Waals surface area contributed by atoms with E-state index in [9.17, 15) is 14.9 Å². The van der Waals surface area contributed by atoms with Gasteiger partial charge in [-0.25, -0.2) is 4.98 Å². The third kappa shape index (κ3) is 4.37. The van der Waals surface area contributed by atoms with Crippen molar-refractivity contribution in [3.8, 4) is 0 Å². The van der Waals surface area contributed by atoms with E-state index >= 15 is 0 Å². The number of rotatable bonds is 6. The van der Waals surface area contributed by atoms with E-state index in [0.29, 0.717) is 25.2 Å². The highest BCUT2D eigenvalue weighted by Crippen LogP contribution is 2.11. The second-order valence-electron chi connectivity index (χ2n) is 5.04. The Hall–Kier alpha value is -2.77. The summed E-state index contributed by atoms with van der Waals surface area (Å²) in [6.45, 7) is 4.25. The number of nitro groups is 1. The first-order valence-electron chi connectivity index (χ1n) is 6.86. The molecule has 0 aliphatic heterocycles. The van der Waals surface area contributed by atoms with Crippen molar-refractivity contribution in [2.45, 2.75) is 33.2 Å². The number of anilines is 1. The summed E-state index contributed by atoms with van der Waals surface area (Å²) in [5.41, 5.74) is 1.83. The highest BCUT2D eigenvalue weighted by Gasteiger charge is 2.09. The first-order chi connectivity index (χ1) is 10.4. The molecule has 2 aromatic rings. The van der Waals surface area contributed by atoms with Crippen LogP contribution in [0.1, 0.15) is 24.1 Å². The Labute approximate surface area is 127 Å². The fourth-order valence-electron chi connectivity index (χ4n) is 2.08. The molecule has 0 fully saturated rings. The lowest BCUT2D eigenvalue weighted by Crippen LogP contribution is -2.14. The first-order valence-corrected chi connectivity index (χ1v) is 6.86. The number of amides is 1. The lowest BCUT2D eigenvalue weighted by Gasteiger charge is -2.06. The molecule has 1 N–H and O–H groups in total. The van der Waals surface area contributed by atoms with Gasteiger partial charge in [0.25, 0.3) is 0 Å². The molecule has 0 aliphatic carbocycles. The lowest BCUT2D eigenvalue weighted by atomic mass is 10.2. The van der Waals surface area contributed by atoms with Gasteiger partial charge in [0, 0.05) is 18.7 Å². The Morgan fingerprint density at radius 2 is 2.18 bits per heavy atom. The summed E-state index contributed by atoms with van der Waals surface area (Å²) in [7, 11) is 0. The highest BCUT2D eigenvalue weighted by molar-refractivity contribution is 5.89. The monoisotopic (exact) mass is 303 g/mol. The smallest absolute Gasteiger partial charge is 0.306 e. The number of nitrogens with one attached hydrogen (secondary N) is 1. The maximum Gasteiger partial charge on any atom is 0.306 e. The van der Waals surface area contributed by atoms with Crippen LogP contribution in [0.15, 0.2) is 24.5 Å². The zero-order valence-corrected chi connectivity index (χ0v) is 12.4. The van der Waals surface area contributed by atoms with Crippen molar-refractivity contribution in [2.75, 3.05) is 5.32 Å². The minimum absolute atomic E-state index is 0.0520. The van der Waals surface area contributed by atoms with Crippen LogP contribution in [0.3, 0.4) is 0 Å². The zero-order valence-electron chi connectivity index (χ0n) is 12.4. The maximum absolute atomic E-state index is 11.8. The van der Waals surface area contributed by atoms with E-state index in [1.165, 1.54) is 17.1 Å². The molecule has 0 aromatic carbocycles. The van der Waals surface area contributed by atoms with Crippen molar-refractivity contribution in [3.05, 3.63) is 45.9 Å². The molecule has 1 amide bonds. The van der Waals surface area contributed by atoms with E-state index in [1.54, 1.807) is 0 Å². The van der Waals surface area contributed by atoms with Gasteiger partial charge >= 0.3 is 5.69 Å². The van der Waals surface area contributed by atoms with Crippen molar-refractivity contribution < 1.29 is 9.72 Å². The molecular weight excluding hydrogens is 286 g/mol. The molecule has 0 aliphatic rings. The van der Waals surface area contributed by atoms with Crippen LogP contribution in [0, 0.1) is 24.0 Å². The minimum atomic E-state index is -0.498. The largest absolute Gasteiger partial charge is 0.311 e. The topological polar surface area (TPSA) is 103 Å². The quantitative estimate of drug-likeness (QED) is 0.651. The van der Waals surface area contributed by atoms with Crippen molar-refractivity contribution in [3.63, 3.8) is 0 Å². The third-order valence-electron chi connectivity index (χ3n) is 2.99. The number of nitrogens with zero attached hydrogens (tertiary/aromatic N) is 4. The fraction of sp³-hybridized carbons (Fsp3) is 0.357. The molecule has 8 nitrogen and oxygen atoms in total. The van der Waals surface area contributed by atoms with Gasteiger partial charge in [-0.2, -0.15) is 5.10 Å². The first kappa shape index (κ1) is 15.6. The van der Waals surface area contributed by atoms with Crippen LogP contribution >= 0.6 is 0 Å². The Kier molecular flexibility index (Phi) is 4.82. The van der Waals surface area contributed by atoms with Gasteiger partial charge in [-0.3, -0.25) is 19.6 Å². The van der Waals surface area contributed by atoms with Crippen molar-refractivity contribution in [1.29, 1.82) is 0 Å². The Morgan fingerprint density at radius 3 is 2.82 bits per heavy atom. The van der Waals surface area contributed by atoms with Crippen LogP contribution in [0.25, 0.3) is 0 Å². The second kappa shape index (κ2) is 6.79. The van der Waals surface area contributed by atoms with E-state index in [0.717, 1.165) is 11.3 Å². The molecule has 0 spiro atoms. The molecule has 0 atom stereocenters. The predicted molar refractivity (Wildman–Crippen MR) is 80.5 cm³/mol. The summed E-state index contributed by atoms with van der Waals surface area (Å²) in [4.78, 5) is 26.1. The molecule has 2 heterocycles. The molecule has 22 heavy (non-hydrogen) atoms. The SMILES string of the molecule is Cc1cc(C)nc(NC(=O)CCCn2cc([N+](=O)[O-])cn2)c1. The molecule has 2 aromatic heterocycles. The molecule has 0 saturated heterocycles. The summed E-state index contributed by atoms with van der Waals surface area (Å²) in [5, 5.41) is 17.2. The van der Waals surface area contributed by atoms with E-state index in [4.69, 9.17) is 0 Å². The molecule has 116 valence electrons. The van der Waals surface area contributed by atoms with Gasteiger partial charge in [0.15, 0.2) is 0 Å². The van der Waals surface area contributed by atoms with Crippen LogP contribution in [0.5, 0.6) is 0 Å². The predicted octanol–water partition coefficient (Wildman–Crippen LogP) is 2.22. The molecule has 8 heteroatoms. The Bertz CT molecular complexity index is 675. The summed E-state index contributed by atoms with van der Waals surface area (Å²) >= 11 is 0. The second-order valence-corrected chi connectivity index (χ2v) is 5.04. The molecule has 0 bridgehead atoms. The summed E-state index contributed by atoms with van der Waals surface area (Å²) in [5.74, 6) is 0.399. The molecular formula is C14H17N5O3. The van der Waals surface area contributed by atoms with Crippen molar-refractivity contribution in [1.82, 2.24) is 14.8 Å².